The largest absolute Gasteiger partial charge is 0.391 e. The highest BCUT2D eigenvalue weighted by atomic mass is 35.5. The molecule has 8 nitrogen and oxygen atoms in total. The molecule has 9 heteroatoms. The number of nitrogens with zero attached hydrogens (tertiary/aromatic N) is 4. The van der Waals surface area contributed by atoms with Gasteiger partial charge in [0.15, 0.2) is 5.69 Å². The van der Waals surface area contributed by atoms with Crippen LogP contribution < -0.4 is 15.9 Å². The molecule has 0 radical (unpaired) electrons. The minimum Gasteiger partial charge on any atom is -0.391 e. The van der Waals surface area contributed by atoms with E-state index in [-0.39, 0.29) is 17.5 Å². The van der Waals surface area contributed by atoms with E-state index in [1.54, 1.807) is 12.1 Å². The lowest BCUT2D eigenvalue weighted by Crippen LogP contribution is -2.99. The number of nitrogens with one attached hydrogen (secondary N) is 1. The molecule has 0 spiro atoms. The van der Waals surface area contributed by atoms with Crippen LogP contribution in [0.1, 0.15) is 13.8 Å². The molecule has 0 bridgehead atoms. The summed E-state index contributed by atoms with van der Waals surface area (Å²) in [6.45, 7) is 7.49. The Labute approximate surface area is 147 Å². The van der Waals surface area contributed by atoms with Crippen molar-refractivity contribution in [3.05, 3.63) is 28.8 Å². The molecule has 1 aromatic rings. The number of hydrogen-bond donors (Lipinski definition) is 3. The van der Waals surface area contributed by atoms with E-state index in [1.807, 2.05) is 11.1 Å². The van der Waals surface area contributed by atoms with Gasteiger partial charge >= 0.3 is 0 Å². The second-order valence-corrected chi connectivity index (χ2v) is 6.65. The summed E-state index contributed by atoms with van der Waals surface area (Å²) in [5, 5.41) is 12.7. The van der Waals surface area contributed by atoms with Crippen LogP contribution in [0.4, 0.5) is 11.4 Å². The van der Waals surface area contributed by atoms with E-state index in [2.05, 4.69) is 29.2 Å². The Morgan fingerprint density at radius 2 is 2.12 bits per heavy atom. The number of rotatable bonds is 5. The van der Waals surface area contributed by atoms with Crippen molar-refractivity contribution in [1.82, 2.24) is 9.80 Å². The standard InChI is InChI=1S/C15H25ClN6O2/c1-11(2)20(10-17)15(19-5-7-24-8-6-19)21-13-4-3-12(16)9-14(13)22(23)18-21/h3-4,9,11,15,22-23H,5-8,10,17H2,1-2H3. The van der Waals surface area contributed by atoms with Crippen LogP contribution in [0, 0.1) is 0 Å². The first-order valence-corrected chi connectivity index (χ1v) is 8.55. The quantitative estimate of drug-likeness (QED) is 0.667. The van der Waals surface area contributed by atoms with Crippen molar-refractivity contribution in [2.75, 3.05) is 38.0 Å². The Balaban J connectivity index is 1.97. The Bertz CT molecular complexity index is 569. The molecule has 2 atom stereocenters. The van der Waals surface area contributed by atoms with Crippen LogP contribution >= 0.6 is 11.6 Å². The number of halogens is 1. The maximum absolute atomic E-state index is 10.3. The van der Waals surface area contributed by atoms with Crippen molar-refractivity contribution in [2.24, 2.45) is 5.73 Å². The molecular weight excluding hydrogens is 332 g/mol. The summed E-state index contributed by atoms with van der Waals surface area (Å²) in [5.74, 6) is 0. The predicted molar refractivity (Wildman–Crippen MR) is 91.9 cm³/mol. The van der Waals surface area contributed by atoms with Gasteiger partial charge in [0.1, 0.15) is 6.29 Å². The molecule has 0 amide bonds. The van der Waals surface area contributed by atoms with E-state index in [4.69, 9.17) is 22.1 Å². The van der Waals surface area contributed by atoms with Gasteiger partial charge in [-0.2, -0.15) is 0 Å². The first-order valence-electron chi connectivity index (χ1n) is 8.17. The van der Waals surface area contributed by atoms with Crippen LogP contribution in [0.25, 0.3) is 5.53 Å². The van der Waals surface area contributed by atoms with Gasteiger partial charge in [0, 0.05) is 36.9 Å². The molecule has 0 saturated carbocycles. The Morgan fingerprint density at radius 1 is 1.42 bits per heavy atom. The molecule has 3 rings (SSSR count). The fraction of sp³-hybridized carbons (Fsp3) is 0.600. The minimum atomic E-state index is -0.191. The molecule has 4 N–H and O–H groups in total. The summed E-state index contributed by atoms with van der Waals surface area (Å²) >= 11 is 6.06. The highest BCUT2D eigenvalue weighted by Crippen LogP contribution is 2.35. The molecule has 1 aromatic carbocycles. The molecule has 134 valence electrons. The normalized spacial score (nSPS) is 23.1. The molecule has 2 aliphatic rings. The van der Waals surface area contributed by atoms with Gasteiger partial charge in [-0.15, -0.1) is 0 Å². The maximum Gasteiger partial charge on any atom is 0.178 e. The van der Waals surface area contributed by atoms with E-state index >= 15 is 0 Å². The van der Waals surface area contributed by atoms with Crippen molar-refractivity contribution in [3.63, 3.8) is 0 Å². The van der Waals surface area contributed by atoms with Crippen molar-refractivity contribution >= 4 is 23.0 Å². The van der Waals surface area contributed by atoms with Crippen LogP contribution in [0.15, 0.2) is 18.2 Å². The number of quaternary nitrogens is 1. The van der Waals surface area contributed by atoms with E-state index in [0.717, 1.165) is 18.8 Å². The highest BCUT2D eigenvalue weighted by molar-refractivity contribution is 6.30. The van der Waals surface area contributed by atoms with Gasteiger partial charge in [-0.1, -0.05) is 11.6 Å². The van der Waals surface area contributed by atoms with Gasteiger partial charge in [-0.05, 0) is 26.0 Å². The van der Waals surface area contributed by atoms with E-state index < -0.39 is 0 Å². The third kappa shape index (κ3) is 3.37. The second kappa shape index (κ2) is 7.51. The maximum atomic E-state index is 10.3. The number of hydrogen-bond acceptors (Lipinski definition) is 6. The van der Waals surface area contributed by atoms with Crippen LogP contribution in [0.5, 0.6) is 0 Å². The Morgan fingerprint density at radius 3 is 2.75 bits per heavy atom. The average molecular weight is 357 g/mol. The molecule has 24 heavy (non-hydrogen) atoms. The molecule has 0 aromatic heterocycles. The smallest absolute Gasteiger partial charge is 0.178 e. The number of morpholine rings is 1. The zero-order valence-electron chi connectivity index (χ0n) is 14.0. The number of benzene rings is 1. The molecule has 0 aliphatic carbocycles. The van der Waals surface area contributed by atoms with Gasteiger partial charge in [0.2, 0.25) is 0 Å². The molecule has 2 heterocycles. The molecule has 1 fully saturated rings. The van der Waals surface area contributed by atoms with Gasteiger partial charge in [-0.3, -0.25) is 9.80 Å². The van der Waals surface area contributed by atoms with Crippen LogP contribution in [-0.4, -0.2) is 60.3 Å². The fourth-order valence-corrected chi connectivity index (χ4v) is 3.33. The summed E-state index contributed by atoms with van der Waals surface area (Å²) in [6, 6.07) is 5.64. The third-order valence-corrected chi connectivity index (χ3v) is 4.65. The van der Waals surface area contributed by atoms with Crippen molar-refractivity contribution in [3.8, 4) is 0 Å². The Hall–Kier alpha value is -0.970. The highest BCUT2D eigenvalue weighted by Gasteiger charge is 2.35. The Kier molecular flexibility index (Phi) is 5.58. The number of fused-ring (bicyclic) bond motifs is 1. The van der Waals surface area contributed by atoms with Gasteiger partial charge < -0.3 is 21.0 Å². The van der Waals surface area contributed by atoms with E-state index in [0.29, 0.717) is 30.6 Å². The van der Waals surface area contributed by atoms with Gasteiger partial charge in [0.05, 0.1) is 18.9 Å². The van der Waals surface area contributed by atoms with Crippen molar-refractivity contribution < 1.29 is 15.1 Å². The second-order valence-electron chi connectivity index (χ2n) is 6.21. The molecule has 2 aliphatic heterocycles. The lowest BCUT2D eigenvalue weighted by molar-refractivity contribution is -0.999. The summed E-state index contributed by atoms with van der Waals surface area (Å²) in [4.78, 5) is 4.42. The van der Waals surface area contributed by atoms with Gasteiger partial charge in [-0.25, -0.2) is 10.4 Å². The molecular formula is C15H25ClN6O2. The van der Waals surface area contributed by atoms with Crippen LogP contribution in [-0.2, 0) is 4.74 Å². The molecule has 2 unspecified atom stereocenters. The van der Waals surface area contributed by atoms with Crippen LogP contribution in [0.2, 0.25) is 5.02 Å². The third-order valence-electron chi connectivity index (χ3n) is 4.41. The summed E-state index contributed by atoms with van der Waals surface area (Å²) < 4.78 is 5.48. The first kappa shape index (κ1) is 17.8. The fourth-order valence-electron chi connectivity index (χ4n) is 3.16. The van der Waals surface area contributed by atoms with Crippen LogP contribution in [0.3, 0.4) is 0 Å². The summed E-state index contributed by atoms with van der Waals surface area (Å²) in [5.41, 5.74) is 11.9. The first-order chi connectivity index (χ1) is 11.5. The summed E-state index contributed by atoms with van der Waals surface area (Å²) in [7, 11) is 0. The van der Waals surface area contributed by atoms with Gasteiger partial charge in [0.25, 0.3) is 0 Å². The lowest BCUT2D eigenvalue weighted by Gasteiger charge is -2.50. The number of ether oxygens (including phenoxy) is 1. The van der Waals surface area contributed by atoms with Crippen molar-refractivity contribution in [2.45, 2.75) is 26.2 Å². The topological polar surface area (TPSA) is 83.7 Å². The van der Waals surface area contributed by atoms with E-state index in [1.165, 1.54) is 0 Å². The SMILES string of the molecule is CC(C)N(CN)C(N1CCOCC1)N1[N-][NH+](O)c2cc(Cl)ccc21. The number of nitrogens with two attached hydrogens (primary N) is 1. The predicted octanol–water partition coefficient (Wildman–Crippen LogP) is 0.512. The van der Waals surface area contributed by atoms with Crippen molar-refractivity contribution in [1.29, 1.82) is 0 Å². The zero-order chi connectivity index (χ0) is 17.3. The number of anilines is 1. The van der Waals surface area contributed by atoms with E-state index in [9.17, 15) is 5.21 Å². The summed E-state index contributed by atoms with van der Waals surface area (Å²) in [6.07, 6.45) is -0.191. The zero-order valence-corrected chi connectivity index (χ0v) is 14.8. The lowest BCUT2D eigenvalue weighted by atomic mass is 10.2. The minimum absolute atomic E-state index is 0.0218. The molecule has 1 saturated heterocycles. The average Bonchev–Trinajstić information content (AvgIpc) is 2.89. The monoisotopic (exact) mass is 356 g/mol.